The Balaban J connectivity index is 1.99. The molecule has 1 aromatic carbocycles. The van der Waals surface area contributed by atoms with Gasteiger partial charge in [0.15, 0.2) is 5.22 Å². The molecule has 0 bridgehead atoms. The summed E-state index contributed by atoms with van der Waals surface area (Å²) in [5.74, 6) is 1.63. The third-order valence-corrected chi connectivity index (χ3v) is 3.09. The van der Waals surface area contributed by atoms with Crippen molar-refractivity contribution < 1.29 is 4.42 Å². The largest absolute Gasteiger partial charge is 0.449 e. The minimum Gasteiger partial charge on any atom is -0.449 e. The number of benzene rings is 1. The Morgan fingerprint density at radius 3 is 2.80 bits per heavy atom. The number of anilines is 1. The number of nitrogen functional groups attached to an aromatic ring is 1. The Labute approximate surface area is 97.4 Å². The highest BCUT2D eigenvalue weighted by Gasteiger charge is 2.01. The molecule has 1 aromatic heterocycles. The van der Waals surface area contributed by atoms with Crippen molar-refractivity contribution >= 4 is 29.1 Å². The zero-order valence-corrected chi connectivity index (χ0v) is 9.52. The van der Waals surface area contributed by atoms with E-state index in [1.54, 1.807) is 17.8 Å². The molecule has 15 heavy (non-hydrogen) atoms. The van der Waals surface area contributed by atoms with Crippen LogP contribution in [0.2, 0.25) is 5.22 Å². The van der Waals surface area contributed by atoms with Gasteiger partial charge in [-0.3, -0.25) is 0 Å². The summed E-state index contributed by atoms with van der Waals surface area (Å²) in [6.07, 6.45) is 0. The highest BCUT2D eigenvalue weighted by atomic mass is 35.5. The van der Waals surface area contributed by atoms with Gasteiger partial charge < -0.3 is 10.2 Å². The van der Waals surface area contributed by atoms with E-state index in [-0.39, 0.29) is 0 Å². The molecule has 0 saturated heterocycles. The van der Waals surface area contributed by atoms with Gasteiger partial charge in [-0.05, 0) is 41.9 Å². The van der Waals surface area contributed by atoms with E-state index in [1.165, 1.54) is 0 Å². The number of hydrogen-bond donors (Lipinski definition) is 1. The van der Waals surface area contributed by atoms with Crippen molar-refractivity contribution in [3.63, 3.8) is 0 Å². The highest BCUT2D eigenvalue weighted by molar-refractivity contribution is 7.98. The molecule has 1 heterocycles. The Morgan fingerprint density at radius 2 is 2.13 bits per heavy atom. The fourth-order valence-electron chi connectivity index (χ4n) is 1.19. The minimum atomic E-state index is 0.429. The summed E-state index contributed by atoms with van der Waals surface area (Å²) in [5.41, 5.74) is 6.45. The quantitative estimate of drug-likeness (QED) is 0.654. The van der Waals surface area contributed by atoms with Crippen LogP contribution in [-0.4, -0.2) is 0 Å². The van der Waals surface area contributed by atoms with Crippen molar-refractivity contribution in [2.75, 3.05) is 5.73 Å². The Morgan fingerprint density at radius 1 is 1.27 bits per heavy atom. The van der Waals surface area contributed by atoms with E-state index < -0.39 is 0 Å². The van der Waals surface area contributed by atoms with Gasteiger partial charge in [-0.1, -0.05) is 6.07 Å². The third kappa shape index (κ3) is 2.94. The zero-order valence-electron chi connectivity index (χ0n) is 7.94. The number of nitrogens with two attached hydrogens (primary N) is 1. The SMILES string of the molecule is Nc1cccc(SCc2ccc(Cl)o2)c1. The summed E-state index contributed by atoms with van der Waals surface area (Å²) in [5, 5.41) is 0.429. The second-order valence-corrected chi connectivity index (χ2v) is 4.49. The molecule has 0 atom stereocenters. The summed E-state index contributed by atoms with van der Waals surface area (Å²) in [6, 6.07) is 11.4. The van der Waals surface area contributed by atoms with E-state index in [1.807, 2.05) is 30.3 Å². The predicted molar refractivity (Wildman–Crippen MR) is 64.1 cm³/mol. The smallest absolute Gasteiger partial charge is 0.193 e. The molecule has 0 amide bonds. The molecule has 2 nitrogen and oxygen atoms in total. The summed E-state index contributed by atoms with van der Waals surface area (Å²) in [7, 11) is 0. The summed E-state index contributed by atoms with van der Waals surface area (Å²) < 4.78 is 5.25. The number of furan rings is 1. The molecule has 0 unspecified atom stereocenters. The van der Waals surface area contributed by atoms with Crippen molar-refractivity contribution in [1.29, 1.82) is 0 Å². The number of hydrogen-bond acceptors (Lipinski definition) is 3. The lowest BCUT2D eigenvalue weighted by atomic mass is 10.3. The van der Waals surface area contributed by atoms with Crippen LogP contribution in [0.15, 0.2) is 45.7 Å². The Kier molecular flexibility index (Phi) is 3.23. The standard InChI is InChI=1S/C11H10ClNOS/c12-11-5-4-9(14-11)7-15-10-3-1-2-8(13)6-10/h1-6H,7,13H2. The maximum Gasteiger partial charge on any atom is 0.193 e. The van der Waals surface area contributed by atoms with Gasteiger partial charge in [-0.15, -0.1) is 11.8 Å². The molecule has 0 aliphatic heterocycles. The van der Waals surface area contributed by atoms with Crippen molar-refractivity contribution in [2.24, 2.45) is 0 Å². The lowest BCUT2D eigenvalue weighted by Crippen LogP contribution is -1.83. The highest BCUT2D eigenvalue weighted by Crippen LogP contribution is 2.25. The van der Waals surface area contributed by atoms with Crippen LogP contribution in [0.1, 0.15) is 5.76 Å². The van der Waals surface area contributed by atoms with Crippen LogP contribution in [0.3, 0.4) is 0 Å². The van der Waals surface area contributed by atoms with Gasteiger partial charge in [0.25, 0.3) is 0 Å². The fourth-order valence-corrected chi connectivity index (χ4v) is 2.21. The van der Waals surface area contributed by atoms with Gasteiger partial charge in [0.2, 0.25) is 0 Å². The Hall–Kier alpha value is -1.06. The molecule has 2 aromatic rings. The van der Waals surface area contributed by atoms with Crippen LogP contribution in [0.5, 0.6) is 0 Å². The van der Waals surface area contributed by atoms with Gasteiger partial charge >= 0.3 is 0 Å². The van der Waals surface area contributed by atoms with E-state index in [9.17, 15) is 0 Å². The van der Waals surface area contributed by atoms with E-state index in [4.69, 9.17) is 21.8 Å². The molecule has 2 rings (SSSR count). The zero-order chi connectivity index (χ0) is 10.7. The number of thioether (sulfide) groups is 1. The van der Waals surface area contributed by atoms with Gasteiger partial charge in [0.05, 0.1) is 5.75 Å². The van der Waals surface area contributed by atoms with Crippen molar-refractivity contribution in [3.05, 3.63) is 47.4 Å². The maximum atomic E-state index is 5.67. The van der Waals surface area contributed by atoms with Gasteiger partial charge in [0.1, 0.15) is 5.76 Å². The van der Waals surface area contributed by atoms with Crippen molar-refractivity contribution in [1.82, 2.24) is 0 Å². The van der Waals surface area contributed by atoms with Gasteiger partial charge in [-0.25, -0.2) is 0 Å². The Bertz CT molecular complexity index is 455. The summed E-state index contributed by atoms with van der Waals surface area (Å²) in [6.45, 7) is 0. The first-order chi connectivity index (χ1) is 7.24. The summed E-state index contributed by atoms with van der Waals surface area (Å²) >= 11 is 7.34. The van der Waals surface area contributed by atoms with Gasteiger partial charge in [-0.2, -0.15) is 0 Å². The fraction of sp³-hybridized carbons (Fsp3) is 0.0909. The van der Waals surface area contributed by atoms with Crippen molar-refractivity contribution in [3.8, 4) is 0 Å². The van der Waals surface area contributed by atoms with E-state index in [2.05, 4.69) is 0 Å². The van der Waals surface area contributed by atoms with Crippen LogP contribution in [0.25, 0.3) is 0 Å². The molecule has 4 heteroatoms. The molecule has 0 aliphatic carbocycles. The number of rotatable bonds is 3. The minimum absolute atomic E-state index is 0.429. The molecule has 0 saturated carbocycles. The monoisotopic (exact) mass is 239 g/mol. The number of halogens is 1. The van der Waals surface area contributed by atoms with Gasteiger partial charge in [0, 0.05) is 10.6 Å². The second-order valence-electron chi connectivity index (χ2n) is 3.07. The van der Waals surface area contributed by atoms with Crippen molar-refractivity contribution in [2.45, 2.75) is 10.6 Å². The maximum absolute atomic E-state index is 5.67. The molecule has 0 aliphatic rings. The lowest BCUT2D eigenvalue weighted by Gasteiger charge is -2.00. The molecule has 0 spiro atoms. The van der Waals surface area contributed by atoms with Crippen LogP contribution in [0.4, 0.5) is 5.69 Å². The predicted octanol–water partition coefficient (Wildman–Crippen LogP) is 3.81. The van der Waals surface area contributed by atoms with E-state index >= 15 is 0 Å². The average molecular weight is 240 g/mol. The molecule has 2 N–H and O–H groups in total. The normalized spacial score (nSPS) is 10.5. The van der Waals surface area contributed by atoms with Crippen LogP contribution >= 0.6 is 23.4 Å². The first kappa shape index (κ1) is 10.5. The first-order valence-electron chi connectivity index (χ1n) is 4.46. The van der Waals surface area contributed by atoms with Crippen LogP contribution in [0, 0.1) is 0 Å². The third-order valence-electron chi connectivity index (χ3n) is 1.87. The molecule has 0 fully saturated rings. The molecular formula is C11H10ClNOS. The van der Waals surface area contributed by atoms with Crippen LogP contribution in [-0.2, 0) is 5.75 Å². The van der Waals surface area contributed by atoms with E-state index in [0.717, 1.165) is 22.1 Å². The van der Waals surface area contributed by atoms with E-state index in [0.29, 0.717) is 5.22 Å². The topological polar surface area (TPSA) is 39.2 Å². The van der Waals surface area contributed by atoms with Crippen LogP contribution < -0.4 is 5.73 Å². The lowest BCUT2D eigenvalue weighted by molar-refractivity contribution is 0.532. The molecule has 78 valence electrons. The summed E-state index contributed by atoms with van der Waals surface area (Å²) in [4.78, 5) is 1.13. The average Bonchev–Trinajstić information content (AvgIpc) is 2.62. The first-order valence-corrected chi connectivity index (χ1v) is 5.83. The molecular weight excluding hydrogens is 230 g/mol. The molecule has 0 radical (unpaired) electrons. The second kappa shape index (κ2) is 4.64.